The molecule has 0 saturated carbocycles. The summed E-state index contributed by atoms with van der Waals surface area (Å²) in [6.07, 6.45) is 2.41. The summed E-state index contributed by atoms with van der Waals surface area (Å²) in [7, 11) is 0. The molecule has 2 atom stereocenters. The minimum absolute atomic E-state index is 0.0733. The van der Waals surface area contributed by atoms with Crippen molar-refractivity contribution in [2.24, 2.45) is 5.41 Å². The molecule has 2 aliphatic rings. The number of piperidine rings is 1. The van der Waals surface area contributed by atoms with Gasteiger partial charge in [-0.15, -0.1) is 4.72 Å². The molecule has 1 N–H and O–H groups in total. The van der Waals surface area contributed by atoms with Gasteiger partial charge < -0.3 is 14.2 Å². The Kier molecular flexibility index (Phi) is 5.78. The van der Waals surface area contributed by atoms with E-state index in [0.717, 1.165) is 19.3 Å². The Labute approximate surface area is 178 Å². The van der Waals surface area contributed by atoms with Crippen LogP contribution >= 0.6 is 0 Å². The van der Waals surface area contributed by atoms with Crippen molar-refractivity contribution in [3.63, 3.8) is 0 Å². The van der Waals surface area contributed by atoms with Crippen LogP contribution in [0.3, 0.4) is 0 Å². The molecule has 6 heteroatoms. The van der Waals surface area contributed by atoms with Crippen molar-refractivity contribution in [2.45, 2.75) is 83.6 Å². The van der Waals surface area contributed by atoms with Crippen molar-refractivity contribution in [1.82, 2.24) is 9.62 Å². The van der Waals surface area contributed by atoms with E-state index in [9.17, 15) is 9.35 Å². The molecule has 29 heavy (non-hydrogen) atoms. The van der Waals surface area contributed by atoms with Gasteiger partial charge in [-0.2, -0.15) is 0 Å². The first-order valence-corrected chi connectivity index (χ1v) is 11.7. The smallest absolute Gasteiger partial charge is 0.410 e. The zero-order chi connectivity index (χ0) is 21.7. The summed E-state index contributed by atoms with van der Waals surface area (Å²) in [5.74, 6) is 0. The van der Waals surface area contributed by atoms with Gasteiger partial charge >= 0.3 is 6.09 Å². The molecule has 1 aliphatic carbocycles. The Morgan fingerprint density at radius 2 is 1.72 bits per heavy atom. The van der Waals surface area contributed by atoms with Crippen LogP contribution < -0.4 is 4.72 Å². The Balaban J connectivity index is 1.86. The van der Waals surface area contributed by atoms with Crippen LogP contribution in [0.1, 0.15) is 72.4 Å². The zero-order valence-electron chi connectivity index (χ0n) is 18.9. The van der Waals surface area contributed by atoms with Gasteiger partial charge in [0.1, 0.15) is 10.3 Å². The molecular formula is C23H36N2O3S. The highest BCUT2D eigenvalue weighted by molar-refractivity contribution is 7.90. The second-order valence-electron chi connectivity index (χ2n) is 10.7. The molecule has 0 radical (unpaired) electrons. The third kappa shape index (κ3) is 4.30. The van der Waals surface area contributed by atoms with Crippen LogP contribution in [0.4, 0.5) is 4.79 Å². The van der Waals surface area contributed by atoms with E-state index in [2.05, 4.69) is 35.9 Å². The highest BCUT2D eigenvalue weighted by Gasteiger charge is 2.58. The summed E-state index contributed by atoms with van der Waals surface area (Å²) in [5.41, 5.74) is 1.59. The Morgan fingerprint density at radius 1 is 1.14 bits per heavy atom. The van der Waals surface area contributed by atoms with Crippen LogP contribution in [-0.4, -0.2) is 39.0 Å². The fourth-order valence-electron chi connectivity index (χ4n) is 4.61. The molecule has 1 amide bonds. The Hall–Kier alpha value is -1.24. The maximum Gasteiger partial charge on any atom is 0.410 e. The van der Waals surface area contributed by atoms with E-state index in [-0.39, 0.29) is 16.3 Å². The highest BCUT2D eigenvalue weighted by atomic mass is 32.2. The lowest BCUT2D eigenvalue weighted by molar-refractivity contribution is -0.00325. The van der Waals surface area contributed by atoms with Crippen molar-refractivity contribution in [3.8, 4) is 0 Å². The summed E-state index contributed by atoms with van der Waals surface area (Å²) in [5, 5.41) is 0. The minimum atomic E-state index is -1.19. The first kappa shape index (κ1) is 22.4. The molecule has 1 aromatic carbocycles. The number of amides is 1. The number of nitrogens with one attached hydrogen (secondary N) is 1. The predicted octanol–water partition coefficient (Wildman–Crippen LogP) is 4.53. The van der Waals surface area contributed by atoms with Crippen LogP contribution in [0.15, 0.2) is 24.3 Å². The molecule has 0 bridgehead atoms. The monoisotopic (exact) mass is 420 g/mol. The molecule has 0 unspecified atom stereocenters. The normalized spacial score (nSPS) is 25.0. The van der Waals surface area contributed by atoms with Gasteiger partial charge in [0.25, 0.3) is 0 Å². The van der Waals surface area contributed by atoms with Gasteiger partial charge in [-0.05, 0) is 78.9 Å². The minimum Gasteiger partial charge on any atom is -0.598 e. The maximum atomic E-state index is 13.1. The highest BCUT2D eigenvalue weighted by Crippen LogP contribution is 2.56. The van der Waals surface area contributed by atoms with Crippen LogP contribution in [0.5, 0.6) is 0 Å². The lowest BCUT2D eigenvalue weighted by atomic mass is 9.65. The molecule has 1 aliphatic heterocycles. The second-order valence-corrected chi connectivity index (χ2v) is 12.7. The number of carbonyl (C=O) groups is 1. The molecule has 0 aromatic heterocycles. The SMILES string of the molecule is CC(C)(C)OC(=O)N1CCC2(CC1)Cc1ccccc1[C@]2(C)N[S@+]([O-])C(C)(C)C. The molecule has 5 nitrogen and oxygen atoms in total. The number of rotatable bonds is 2. The average molecular weight is 421 g/mol. The van der Waals surface area contributed by atoms with E-state index in [1.54, 1.807) is 0 Å². The van der Waals surface area contributed by atoms with E-state index >= 15 is 0 Å². The molecule has 1 heterocycles. The molecule has 1 saturated heterocycles. The van der Waals surface area contributed by atoms with Gasteiger partial charge in [-0.1, -0.05) is 24.3 Å². The lowest BCUT2D eigenvalue weighted by Gasteiger charge is -2.49. The van der Waals surface area contributed by atoms with Crippen molar-refractivity contribution >= 4 is 17.5 Å². The van der Waals surface area contributed by atoms with Gasteiger partial charge in [-0.3, -0.25) is 0 Å². The Morgan fingerprint density at radius 3 is 2.28 bits per heavy atom. The maximum absolute atomic E-state index is 13.1. The number of hydrogen-bond acceptors (Lipinski definition) is 4. The van der Waals surface area contributed by atoms with Crippen LogP contribution in [0.2, 0.25) is 0 Å². The zero-order valence-corrected chi connectivity index (χ0v) is 19.7. The number of hydrogen-bond donors (Lipinski definition) is 1. The van der Waals surface area contributed by atoms with Gasteiger partial charge in [0.2, 0.25) is 0 Å². The standard InChI is InChI=1S/C23H36N2O3S/c1-20(2,3)28-19(26)25-14-12-23(13-15-25)16-17-10-8-9-11-18(17)22(23,7)24-29(27)21(4,5)6/h8-11,24H,12-16H2,1-7H3/t22-,29+/m0/s1. The summed E-state index contributed by atoms with van der Waals surface area (Å²) in [6, 6.07) is 8.49. The first-order chi connectivity index (χ1) is 13.3. The molecule has 162 valence electrons. The number of likely N-dealkylation sites (tertiary alicyclic amines) is 1. The van der Waals surface area contributed by atoms with E-state index in [1.807, 2.05) is 46.4 Å². The summed E-state index contributed by atoms with van der Waals surface area (Å²) in [6.45, 7) is 15.2. The van der Waals surface area contributed by atoms with Gasteiger partial charge in [0.15, 0.2) is 0 Å². The van der Waals surface area contributed by atoms with E-state index in [1.165, 1.54) is 11.1 Å². The van der Waals surface area contributed by atoms with Crippen molar-refractivity contribution < 1.29 is 14.1 Å². The van der Waals surface area contributed by atoms with Crippen LogP contribution in [0.25, 0.3) is 0 Å². The summed E-state index contributed by atoms with van der Waals surface area (Å²) in [4.78, 5) is 14.4. The first-order valence-electron chi connectivity index (χ1n) is 10.5. The van der Waals surface area contributed by atoms with Crippen molar-refractivity contribution in [2.75, 3.05) is 13.1 Å². The summed E-state index contributed by atoms with van der Waals surface area (Å²) >= 11 is -1.19. The van der Waals surface area contributed by atoms with E-state index in [0.29, 0.717) is 13.1 Å². The molecule has 1 fully saturated rings. The van der Waals surface area contributed by atoms with Crippen LogP contribution in [0, 0.1) is 5.41 Å². The second kappa shape index (κ2) is 7.47. The quantitative estimate of drug-likeness (QED) is 0.714. The predicted molar refractivity (Wildman–Crippen MR) is 118 cm³/mol. The summed E-state index contributed by atoms with van der Waals surface area (Å²) < 4.78 is 21.9. The van der Waals surface area contributed by atoms with Gasteiger partial charge in [0, 0.05) is 29.9 Å². The molecule has 1 spiro atoms. The topological polar surface area (TPSA) is 64.6 Å². The molecule has 1 aromatic rings. The number of ether oxygens (including phenoxy) is 1. The van der Waals surface area contributed by atoms with Gasteiger partial charge in [-0.25, -0.2) is 4.79 Å². The third-order valence-electron chi connectivity index (χ3n) is 6.37. The van der Waals surface area contributed by atoms with Crippen molar-refractivity contribution in [1.29, 1.82) is 0 Å². The largest absolute Gasteiger partial charge is 0.598 e. The van der Waals surface area contributed by atoms with Crippen molar-refractivity contribution in [3.05, 3.63) is 35.4 Å². The van der Waals surface area contributed by atoms with Crippen LogP contribution in [-0.2, 0) is 28.1 Å². The fourth-order valence-corrected chi connectivity index (χ4v) is 5.61. The van der Waals surface area contributed by atoms with E-state index in [4.69, 9.17) is 4.74 Å². The number of nitrogens with zero attached hydrogens (tertiary/aromatic N) is 1. The van der Waals surface area contributed by atoms with Gasteiger partial charge in [0.05, 0.1) is 5.54 Å². The lowest BCUT2D eigenvalue weighted by Crippen LogP contribution is -2.60. The molecular weight excluding hydrogens is 384 g/mol. The Bertz CT molecular complexity index is 760. The number of benzene rings is 1. The average Bonchev–Trinajstić information content (AvgIpc) is 2.82. The number of carbonyl (C=O) groups excluding carboxylic acids is 1. The van der Waals surface area contributed by atoms with E-state index < -0.39 is 22.5 Å². The third-order valence-corrected chi connectivity index (χ3v) is 8.08. The fraction of sp³-hybridized carbons (Fsp3) is 0.696. The molecule has 3 rings (SSSR count). The number of fused-ring (bicyclic) bond motifs is 1.